The highest BCUT2D eigenvalue weighted by atomic mass is 19.2. The second kappa shape index (κ2) is 9.49. The van der Waals surface area contributed by atoms with Crippen LogP contribution in [0.4, 0.5) is 13.2 Å². The zero-order valence-electron chi connectivity index (χ0n) is 16.7. The maximum Gasteiger partial charge on any atom is 0.201 e. The minimum absolute atomic E-state index is 0.0506. The molecule has 2 aromatic carbocycles. The molecule has 28 heavy (non-hydrogen) atoms. The molecule has 0 spiro atoms. The van der Waals surface area contributed by atoms with Gasteiger partial charge in [0.25, 0.3) is 0 Å². The Hall–Kier alpha value is -1.97. The SMILES string of the molecule is CCCCC1CCC(c2ccc(-c3ccc(OCC)c(F)c3F)cc2F)CC1. The molecule has 1 saturated carbocycles. The number of rotatable bonds is 7. The summed E-state index contributed by atoms with van der Waals surface area (Å²) in [7, 11) is 0. The van der Waals surface area contributed by atoms with Gasteiger partial charge in [-0.2, -0.15) is 4.39 Å². The molecule has 0 radical (unpaired) electrons. The molecule has 1 nitrogen and oxygen atoms in total. The Bertz CT molecular complexity index is 795. The molecular formula is C24H29F3O. The molecule has 0 bridgehead atoms. The molecule has 0 N–H and O–H groups in total. The first-order valence-electron chi connectivity index (χ1n) is 10.5. The average Bonchev–Trinajstić information content (AvgIpc) is 2.70. The largest absolute Gasteiger partial charge is 0.491 e. The molecule has 2 aromatic rings. The van der Waals surface area contributed by atoms with Crippen molar-refractivity contribution >= 4 is 0 Å². The minimum atomic E-state index is -1.03. The molecule has 1 aliphatic carbocycles. The van der Waals surface area contributed by atoms with Crippen LogP contribution in [0.3, 0.4) is 0 Å². The van der Waals surface area contributed by atoms with Crippen molar-refractivity contribution in [2.45, 2.75) is 64.7 Å². The lowest BCUT2D eigenvalue weighted by Crippen LogP contribution is -2.14. The van der Waals surface area contributed by atoms with E-state index in [1.807, 2.05) is 0 Å². The summed E-state index contributed by atoms with van der Waals surface area (Å²) >= 11 is 0. The molecule has 1 aliphatic rings. The highest BCUT2D eigenvalue weighted by Gasteiger charge is 2.24. The molecule has 1 fully saturated rings. The van der Waals surface area contributed by atoms with Crippen molar-refractivity contribution in [3.05, 3.63) is 53.3 Å². The van der Waals surface area contributed by atoms with Crippen LogP contribution < -0.4 is 4.74 Å². The summed E-state index contributed by atoms with van der Waals surface area (Å²) in [6, 6.07) is 7.60. The van der Waals surface area contributed by atoms with Gasteiger partial charge in [0.1, 0.15) is 5.82 Å². The first-order chi connectivity index (χ1) is 13.5. The summed E-state index contributed by atoms with van der Waals surface area (Å²) in [6.45, 7) is 4.16. The van der Waals surface area contributed by atoms with Crippen LogP contribution >= 0.6 is 0 Å². The Morgan fingerprint density at radius 1 is 0.929 bits per heavy atom. The fourth-order valence-corrected chi connectivity index (χ4v) is 4.30. The number of hydrogen-bond acceptors (Lipinski definition) is 1. The van der Waals surface area contributed by atoms with Crippen molar-refractivity contribution in [3.63, 3.8) is 0 Å². The van der Waals surface area contributed by atoms with Crippen LogP contribution in [0.1, 0.15) is 70.3 Å². The van der Waals surface area contributed by atoms with Gasteiger partial charge in [0.2, 0.25) is 5.82 Å². The van der Waals surface area contributed by atoms with Gasteiger partial charge in [-0.05, 0) is 73.8 Å². The van der Waals surface area contributed by atoms with Crippen LogP contribution in [0.2, 0.25) is 0 Å². The van der Waals surface area contributed by atoms with Crippen LogP contribution in [0, 0.1) is 23.4 Å². The third-order valence-electron chi connectivity index (χ3n) is 5.91. The zero-order valence-corrected chi connectivity index (χ0v) is 16.7. The molecule has 0 heterocycles. The zero-order chi connectivity index (χ0) is 20.1. The van der Waals surface area contributed by atoms with Gasteiger partial charge in [0.15, 0.2) is 11.6 Å². The van der Waals surface area contributed by atoms with Gasteiger partial charge in [0.05, 0.1) is 6.61 Å². The predicted molar refractivity (Wildman–Crippen MR) is 107 cm³/mol. The predicted octanol–water partition coefficient (Wildman–Crippen LogP) is 7.63. The first-order valence-corrected chi connectivity index (χ1v) is 10.5. The normalized spacial score (nSPS) is 19.6. The van der Waals surface area contributed by atoms with E-state index in [4.69, 9.17) is 4.74 Å². The third-order valence-corrected chi connectivity index (χ3v) is 5.91. The van der Waals surface area contributed by atoms with E-state index in [1.165, 1.54) is 37.5 Å². The summed E-state index contributed by atoms with van der Waals surface area (Å²) in [6.07, 6.45) is 8.04. The standard InChI is InChI=1S/C24H29F3O/c1-3-5-6-16-7-9-17(10-8-16)19-12-11-18(15-21(19)25)20-13-14-22(28-4-2)24(27)23(20)26/h11-17H,3-10H2,1-2H3. The molecular weight excluding hydrogens is 361 g/mol. The van der Waals surface area contributed by atoms with Crippen LogP contribution in [0.15, 0.2) is 30.3 Å². The van der Waals surface area contributed by atoms with E-state index in [0.29, 0.717) is 11.1 Å². The van der Waals surface area contributed by atoms with Crippen molar-refractivity contribution in [2.75, 3.05) is 6.61 Å². The van der Waals surface area contributed by atoms with Crippen molar-refractivity contribution in [1.29, 1.82) is 0 Å². The number of ether oxygens (including phenoxy) is 1. The lowest BCUT2D eigenvalue weighted by Gasteiger charge is -2.29. The lowest BCUT2D eigenvalue weighted by atomic mass is 9.77. The van der Waals surface area contributed by atoms with Gasteiger partial charge in [0, 0.05) is 5.56 Å². The van der Waals surface area contributed by atoms with Gasteiger partial charge >= 0.3 is 0 Å². The Morgan fingerprint density at radius 2 is 1.68 bits per heavy atom. The topological polar surface area (TPSA) is 9.23 Å². The minimum Gasteiger partial charge on any atom is -0.491 e. The van der Waals surface area contributed by atoms with E-state index in [-0.39, 0.29) is 29.7 Å². The Morgan fingerprint density at radius 3 is 2.32 bits per heavy atom. The van der Waals surface area contributed by atoms with E-state index in [0.717, 1.165) is 31.6 Å². The van der Waals surface area contributed by atoms with Crippen molar-refractivity contribution in [2.24, 2.45) is 5.92 Å². The average molecular weight is 390 g/mol. The fourth-order valence-electron chi connectivity index (χ4n) is 4.30. The molecule has 0 unspecified atom stereocenters. The lowest BCUT2D eigenvalue weighted by molar-refractivity contribution is 0.301. The summed E-state index contributed by atoms with van der Waals surface area (Å²) < 4.78 is 48.4. The molecule has 0 aliphatic heterocycles. The summed E-state index contributed by atoms with van der Waals surface area (Å²) in [5.74, 6) is -1.51. The molecule has 0 saturated heterocycles. The van der Waals surface area contributed by atoms with Crippen LogP contribution in [-0.4, -0.2) is 6.61 Å². The smallest absolute Gasteiger partial charge is 0.201 e. The monoisotopic (exact) mass is 390 g/mol. The van der Waals surface area contributed by atoms with Gasteiger partial charge in [-0.25, -0.2) is 8.78 Å². The second-order valence-electron chi connectivity index (χ2n) is 7.77. The van der Waals surface area contributed by atoms with Gasteiger partial charge in [-0.15, -0.1) is 0 Å². The van der Waals surface area contributed by atoms with E-state index in [9.17, 15) is 13.2 Å². The van der Waals surface area contributed by atoms with Crippen LogP contribution in [-0.2, 0) is 0 Å². The molecule has 0 amide bonds. The van der Waals surface area contributed by atoms with Crippen molar-refractivity contribution < 1.29 is 17.9 Å². The number of benzene rings is 2. The maximum atomic E-state index is 14.8. The third kappa shape index (κ3) is 4.53. The number of unbranched alkanes of at least 4 members (excludes halogenated alkanes) is 1. The quantitative estimate of drug-likeness (QED) is 0.472. The summed E-state index contributed by atoms with van der Waals surface area (Å²) in [5.41, 5.74) is 1.09. The van der Waals surface area contributed by atoms with Crippen LogP contribution in [0.5, 0.6) is 5.75 Å². The Balaban J connectivity index is 1.76. The molecule has 0 aromatic heterocycles. The van der Waals surface area contributed by atoms with Gasteiger partial charge in [-0.1, -0.05) is 38.3 Å². The van der Waals surface area contributed by atoms with Crippen molar-refractivity contribution in [1.82, 2.24) is 0 Å². The highest BCUT2D eigenvalue weighted by Crippen LogP contribution is 2.39. The molecule has 152 valence electrons. The number of halogens is 3. The van der Waals surface area contributed by atoms with Gasteiger partial charge < -0.3 is 4.74 Å². The van der Waals surface area contributed by atoms with Gasteiger partial charge in [-0.3, -0.25) is 0 Å². The molecule has 0 atom stereocenters. The van der Waals surface area contributed by atoms with Crippen LogP contribution in [0.25, 0.3) is 11.1 Å². The summed E-state index contributed by atoms with van der Waals surface area (Å²) in [5, 5.41) is 0. The first kappa shape index (κ1) is 20.8. The van der Waals surface area contributed by atoms with E-state index < -0.39 is 11.6 Å². The second-order valence-corrected chi connectivity index (χ2v) is 7.77. The molecule has 4 heteroatoms. The number of hydrogen-bond donors (Lipinski definition) is 0. The maximum absolute atomic E-state index is 14.8. The Kier molecular flexibility index (Phi) is 7.03. The van der Waals surface area contributed by atoms with Crippen molar-refractivity contribution in [3.8, 4) is 16.9 Å². The van der Waals surface area contributed by atoms with E-state index >= 15 is 0 Å². The molecule has 3 rings (SSSR count). The Labute approximate surface area is 165 Å². The fraction of sp³-hybridized carbons (Fsp3) is 0.500. The van der Waals surface area contributed by atoms with E-state index in [2.05, 4.69) is 6.92 Å². The summed E-state index contributed by atoms with van der Waals surface area (Å²) in [4.78, 5) is 0. The highest BCUT2D eigenvalue weighted by molar-refractivity contribution is 5.66. The van der Waals surface area contributed by atoms with E-state index in [1.54, 1.807) is 19.1 Å².